The van der Waals surface area contributed by atoms with Crippen molar-refractivity contribution in [3.05, 3.63) is 35.8 Å². The highest BCUT2D eigenvalue weighted by atomic mass is 32.1. The van der Waals surface area contributed by atoms with Crippen LogP contribution in [0.15, 0.2) is 22.6 Å². The van der Waals surface area contributed by atoms with Crippen molar-refractivity contribution in [2.45, 2.75) is 13.5 Å². The number of anilines is 1. The third kappa shape index (κ3) is 2.71. The van der Waals surface area contributed by atoms with Crippen LogP contribution >= 0.6 is 11.3 Å². The molecule has 7 nitrogen and oxygen atoms in total. The van der Waals surface area contributed by atoms with Crippen molar-refractivity contribution >= 4 is 32.6 Å². The second-order valence-corrected chi connectivity index (χ2v) is 6.63. The maximum atomic E-state index is 13.7. The maximum absolute atomic E-state index is 13.7. The fraction of sp³-hybridized carbons (Fsp3) is 0.333. The molecule has 1 fully saturated rings. The zero-order valence-electron chi connectivity index (χ0n) is 12.8. The van der Waals surface area contributed by atoms with Crippen LogP contribution in [0.2, 0.25) is 0 Å². The van der Waals surface area contributed by atoms with Crippen LogP contribution in [0.5, 0.6) is 0 Å². The van der Waals surface area contributed by atoms with Gasteiger partial charge in [-0.15, -0.1) is 10.2 Å². The van der Waals surface area contributed by atoms with Crippen LogP contribution in [-0.2, 0) is 11.3 Å². The Kier molecular flexibility index (Phi) is 3.64. The van der Waals surface area contributed by atoms with Gasteiger partial charge in [-0.1, -0.05) is 17.4 Å². The summed E-state index contributed by atoms with van der Waals surface area (Å²) in [6.45, 7) is 3.05. The minimum Gasteiger partial charge on any atom is -0.424 e. The van der Waals surface area contributed by atoms with Gasteiger partial charge in [0.05, 0.1) is 17.2 Å². The summed E-state index contributed by atoms with van der Waals surface area (Å²) in [7, 11) is 0. The van der Waals surface area contributed by atoms with Gasteiger partial charge >= 0.3 is 0 Å². The number of aryl methyl sites for hydroxylation is 1. The van der Waals surface area contributed by atoms with Crippen LogP contribution in [-0.4, -0.2) is 34.2 Å². The molecule has 0 unspecified atom stereocenters. The Morgan fingerprint density at radius 3 is 3.00 bits per heavy atom. The van der Waals surface area contributed by atoms with E-state index in [1.165, 1.54) is 17.4 Å². The zero-order chi connectivity index (χ0) is 16.7. The van der Waals surface area contributed by atoms with Crippen molar-refractivity contribution in [1.29, 1.82) is 0 Å². The van der Waals surface area contributed by atoms with Crippen LogP contribution in [0.1, 0.15) is 11.8 Å². The first-order chi connectivity index (χ1) is 11.6. The Morgan fingerprint density at radius 2 is 2.29 bits per heavy atom. The monoisotopic (exact) mass is 347 g/mol. The van der Waals surface area contributed by atoms with Gasteiger partial charge in [0.2, 0.25) is 17.7 Å². The molecule has 3 heterocycles. The summed E-state index contributed by atoms with van der Waals surface area (Å²) in [6.07, 6.45) is 0. The molecule has 124 valence electrons. The highest BCUT2D eigenvalue weighted by Crippen LogP contribution is 2.33. The lowest BCUT2D eigenvalue weighted by atomic mass is 10.0. The number of para-hydroxylation sites is 1. The van der Waals surface area contributed by atoms with E-state index < -0.39 is 0 Å². The number of amides is 1. The largest absolute Gasteiger partial charge is 0.424 e. The van der Waals surface area contributed by atoms with Gasteiger partial charge in [0.25, 0.3) is 0 Å². The Labute approximate surface area is 140 Å². The zero-order valence-corrected chi connectivity index (χ0v) is 13.6. The van der Waals surface area contributed by atoms with E-state index in [4.69, 9.17) is 4.42 Å². The summed E-state index contributed by atoms with van der Waals surface area (Å²) in [5.41, 5.74) is 0.386. The van der Waals surface area contributed by atoms with E-state index in [2.05, 4.69) is 20.5 Å². The lowest BCUT2D eigenvalue weighted by Crippen LogP contribution is -2.53. The molecule has 1 aliphatic heterocycles. The Hall–Kier alpha value is -2.55. The van der Waals surface area contributed by atoms with E-state index in [1.807, 2.05) is 11.0 Å². The van der Waals surface area contributed by atoms with Crippen LogP contribution in [0, 0.1) is 18.7 Å². The molecule has 0 spiro atoms. The predicted molar refractivity (Wildman–Crippen MR) is 86.2 cm³/mol. The number of thiazole rings is 1. The number of nitrogens with zero attached hydrogens (tertiary/aromatic N) is 4. The van der Waals surface area contributed by atoms with Gasteiger partial charge in [0.15, 0.2) is 5.13 Å². The van der Waals surface area contributed by atoms with E-state index in [1.54, 1.807) is 13.0 Å². The number of rotatable bonds is 4. The van der Waals surface area contributed by atoms with Crippen molar-refractivity contribution in [2.24, 2.45) is 5.92 Å². The van der Waals surface area contributed by atoms with Gasteiger partial charge in [-0.3, -0.25) is 4.79 Å². The van der Waals surface area contributed by atoms with E-state index in [-0.39, 0.29) is 24.2 Å². The summed E-state index contributed by atoms with van der Waals surface area (Å²) >= 11 is 1.43. The van der Waals surface area contributed by atoms with E-state index >= 15 is 0 Å². The molecule has 0 aliphatic carbocycles. The summed E-state index contributed by atoms with van der Waals surface area (Å²) in [6, 6.07) is 4.92. The Balaban J connectivity index is 1.35. The van der Waals surface area contributed by atoms with Crippen molar-refractivity contribution in [2.75, 3.05) is 18.0 Å². The van der Waals surface area contributed by atoms with Gasteiger partial charge in [-0.05, 0) is 12.1 Å². The van der Waals surface area contributed by atoms with Gasteiger partial charge in [-0.2, -0.15) is 0 Å². The molecule has 0 atom stereocenters. The fourth-order valence-electron chi connectivity index (χ4n) is 2.56. The molecule has 3 aromatic rings. The second kappa shape index (κ2) is 5.82. The van der Waals surface area contributed by atoms with E-state index in [9.17, 15) is 9.18 Å². The van der Waals surface area contributed by atoms with Gasteiger partial charge in [0.1, 0.15) is 11.3 Å². The first-order valence-electron chi connectivity index (χ1n) is 7.47. The fourth-order valence-corrected chi connectivity index (χ4v) is 3.55. The number of fused-ring (bicyclic) bond motifs is 1. The van der Waals surface area contributed by atoms with Crippen molar-refractivity contribution < 1.29 is 13.6 Å². The highest BCUT2D eigenvalue weighted by molar-refractivity contribution is 7.22. The third-order valence-corrected chi connectivity index (χ3v) is 4.94. The number of aromatic nitrogens is 3. The molecular formula is C15H14FN5O2S. The molecule has 24 heavy (non-hydrogen) atoms. The molecule has 4 rings (SSSR count). The molecule has 0 saturated carbocycles. The highest BCUT2D eigenvalue weighted by Gasteiger charge is 2.34. The molecule has 0 bridgehead atoms. The van der Waals surface area contributed by atoms with Crippen LogP contribution in [0.25, 0.3) is 10.2 Å². The average Bonchev–Trinajstić information content (AvgIpc) is 3.11. The molecule has 1 N–H and O–H groups in total. The van der Waals surface area contributed by atoms with E-state index in [0.29, 0.717) is 30.4 Å². The van der Waals surface area contributed by atoms with Crippen LogP contribution in [0.4, 0.5) is 9.52 Å². The van der Waals surface area contributed by atoms with Gasteiger partial charge < -0.3 is 14.6 Å². The minimum absolute atomic E-state index is 0.0607. The first-order valence-corrected chi connectivity index (χ1v) is 8.28. The van der Waals surface area contributed by atoms with Crippen LogP contribution < -0.4 is 10.2 Å². The number of carbonyl (C=O) groups excluding carboxylic acids is 1. The molecular weight excluding hydrogens is 333 g/mol. The normalized spacial score (nSPS) is 14.8. The van der Waals surface area contributed by atoms with Crippen molar-refractivity contribution in [3.63, 3.8) is 0 Å². The van der Waals surface area contributed by atoms with E-state index in [0.717, 1.165) is 9.83 Å². The Morgan fingerprint density at radius 1 is 1.46 bits per heavy atom. The van der Waals surface area contributed by atoms with Crippen LogP contribution in [0.3, 0.4) is 0 Å². The summed E-state index contributed by atoms with van der Waals surface area (Å²) < 4.78 is 19.7. The lowest BCUT2D eigenvalue weighted by molar-refractivity contribution is -0.126. The molecule has 1 amide bonds. The Bertz CT molecular complexity index is 902. The molecule has 0 radical (unpaired) electrons. The maximum Gasteiger partial charge on any atom is 0.235 e. The summed E-state index contributed by atoms with van der Waals surface area (Å²) in [5.74, 6) is 0.357. The molecule has 1 aliphatic rings. The van der Waals surface area contributed by atoms with Gasteiger partial charge in [0, 0.05) is 20.0 Å². The molecule has 2 aromatic heterocycles. The molecule has 9 heteroatoms. The second-order valence-electron chi connectivity index (χ2n) is 5.62. The standard InChI is InChI=1S/C15H14FN5O2S/c1-8-19-20-12(23-8)5-17-14(22)9-6-21(7-9)15-18-13-10(16)3-2-4-11(13)24-15/h2-4,9H,5-7H2,1H3,(H,17,22). The number of hydrogen-bond acceptors (Lipinski definition) is 7. The summed E-state index contributed by atoms with van der Waals surface area (Å²) in [5, 5.41) is 11.1. The number of benzene rings is 1. The van der Waals surface area contributed by atoms with Crippen molar-refractivity contribution in [3.8, 4) is 0 Å². The third-order valence-electron chi connectivity index (χ3n) is 3.86. The first kappa shape index (κ1) is 15.0. The number of hydrogen-bond donors (Lipinski definition) is 1. The topological polar surface area (TPSA) is 84.2 Å². The average molecular weight is 347 g/mol. The predicted octanol–water partition coefficient (Wildman–Crippen LogP) is 1.88. The molecule has 1 aromatic carbocycles. The number of carbonyl (C=O) groups is 1. The number of halogens is 1. The minimum atomic E-state index is -0.320. The number of nitrogens with one attached hydrogen (secondary N) is 1. The quantitative estimate of drug-likeness (QED) is 0.776. The molecule has 1 saturated heterocycles. The lowest BCUT2D eigenvalue weighted by Gasteiger charge is -2.37. The smallest absolute Gasteiger partial charge is 0.235 e. The summed E-state index contributed by atoms with van der Waals surface area (Å²) in [4.78, 5) is 18.4. The SMILES string of the molecule is Cc1nnc(CNC(=O)C2CN(c3nc4c(F)cccc4s3)C2)o1. The van der Waals surface area contributed by atoms with Crippen molar-refractivity contribution in [1.82, 2.24) is 20.5 Å². The van der Waals surface area contributed by atoms with Gasteiger partial charge in [-0.25, -0.2) is 9.37 Å².